The molecule has 1 unspecified atom stereocenters. The number of nitrogens with one attached hydrogen (secondary N) is 1. The second-order valence-corrected chi connectivity index (χ2v) is 11.6. The minimum atomic E-state index is -1.10. The Labute approximate surface area is 235 Å². The number of fused-ring (bicyclic) bond motifs is 4. The van der Waals surface area contributed by atoms with Crippen molar-refractivity contribution in [1.29, 1.82) is 0 Å². The van der Waals surface area contributed by atoms with Crippen LogP contribution in [0.5, 0.6) is 0 Å². The molecule has 3 amide bonds. The third-order valence-corrected chi connectivity index (χ3v) is 9.52. The van der Waals surface area contributed by atoms with E-state index in [0.717, 1.165) is 31.4 Å². The standard InChI is InChI=1S/C28H29ClFN7O3/c29-25-18(30)3-6-22-24(25)28(27(40)37(22)16-23(38)36-13-12-34-9-1-2-17(34)15-36)7-10-35(11-8-28)26(39)20-5-4-19-21(32-20)14-31-33-19/h3-6,14,17H,1-2,7-13,15-16H2,(H,31,33). The van der Waals surface area contributed by atoms with Crippen molar-refractivity contribution in [3.8, 4) is 0 Å². The summed E-state index contributed by atoms with van der Waals surface area (Å²) in [6.45, 7) is 3.65. The Morgan fingerprint density at radius 1 is 1.07 bits per heavy atom. The van der Waals surface area contributed by atoms with Crippen LogP contribution >= 0.6 is 11.6 Å². The van der Waals surface area contributed by atoms with Crippen LogP contribution in [-0.2, 0) is 15.0 Å². The molecule has 1 aromatic carbocycles. The maximum atomic E-state index is 14.7. The molecule has 12 heteroatoms. The normalized spacial score (nSPS) is 22.3. The molecule has 6 heterocycles. The molecule has 0 radical (unpaired) electrons. The first-order valence-corrected chi connectivity index (χ1v) is 14.2. The Morgan fingerprint density at radius 3 is 2.73 bits per heavy atom. The molecule has 0 bridgehead atoms. The number of anilines is 1. The number of carbonyl (C=O) groups excluding carboxylic acids is 3. The summed E-state index contributed by atoms with van der Waals surface area (Å²) in [5.74, 6) is -1.22. The zero-order chi connectivity index (χ0) is 27.6. The first-order valence-electron chi connectivity index (χ1n) is 13.8. The largest absolute Gasteiger partial charge is 0.338 e. The molecule has 1 N–H and O–H groups in total. The molecule has 40 heavy (non-hydrogen) atoms. The van der Waals surface area contributed by atoms with Crippen molar-refractivity contribution < 1.29 is 18.8 Å². The van der Waals surface area contributed by atoms with E-state index in [0.29, 0.717) is 41.6 Å². The van der Waals surface area contributed by atoms with Crippen molar-refractivity contribution in [3.05, 3.63) is 52.6 Å². The van der Waals surface area contributed by atoms with Gasteiger partial charge in [0.05, 0.1) is 27.8 Å². The number of hydrogen-bond donors (Lipinski definition) is 1. The molecule has 10 nitrogen and oxygen atoms in total. The second kappa shape index (κ2) is 9.52. The number of aromatic nitrogens is 3. The smallest absolute Gasteiger partial charge is 0.272 e. The SMILES string of the molecule is O=C(CN1C(=O)C2(CCN(C(=O)c3ccc4[nH]ncc4n3)CC2)c2c1ccc(F)c2Cl)N1CCN2CCCC2C1. The van der Waals surface area contributed by atoms with Gasteiger partial charge >= 0.3 is 0 Å². The molecule has 0 saturated carbocycles. The topological polar surface area (TPSA) is 106 Å². The van der Waals surface area contributed by atoms with Gasteiger partial charge in [0.1, 0.15) is 23.6 Å². The van der Waals surface area contributed by atoms with Crippen LogP contribution in [-0.4, -0.2) is 99.5 Å². The molecule has 3 fully saturated rings. The monoisotopic (exact) mass is 565 g/mol. The summed E-state index contributed by atoms with van der Waals surface area (Å²) in [4.78, 5) is 52.6. The van der Waals surface area contributed by atoms with E-state index in [1.807, 2.05) is 4.90 Å². The van der Waals surface area contributed by atoms with Gasteiger partial charge in [-0.25, -0.2) is 9.37 Å². The van der Waals surface area contributed by atoms with E-state index >= 15 is 0 Å². The molecule has 4 aliphatic rings. The number of likely N-dealkylation sites (tertiary alicyclic amines) is 1. The first kappa shape index (κ1) is 25.4. The molecule has 208 valence electrons. The van der Waals surface area contributed by atoms with Gasteiger partial charge in [-0.05, 0) is 56.5 Å². The highest BCUT2D eigenvalue weighted by atomic mass is 35.5. The number of H-pyrrole nitrogens is 1. The Balaban J connectivity index is 1.12. The fourth-order valence-electron chi connectivity index (χ4n) is 6.97. The lowest BCUT2D eigenvalue weighted by molar-refractivity contribution is -0.134. The van der Waals surface area contributed by atoms with E-state index in [-0.39, 0.29) is 55.2 Å². The predicted molar refractivity (Wildman–Crippen MR) is 146 cm³/mol. The minimum absolute atomic E-state index is 0.0905. The van der Waals surface area contributed by atoms with Gasteiger partial charge < -0.3 is 14.7 Å². The highest BCUT2D eigenvalue weighted by Crippen LogP contribution is 2.51. The predicted octanol–water partition coefficient (Wildman–Crippen LogP) is 2.58. The van der Waals surface area contributed by atoms with Gasteiger partial charge in [0.25, 0.3) is 5.91 Å². The molecule has 0 aliphatic carbocycles. The summed E-state index contributed by atoms with van der Waals surface area (Å²) in [7, 11) is 0. The van der Waals surface area contributed by atoms with Crippen LogP contribution in [0.3, 0.4) is 0 Å². The number of piperidine rings is 1. The van der Waals surface area contributed by atoms with Crippen LogP contribution in [0.4, 0.5) is 10.1 Å². The number of amides is 3. The van der Waals surface area contributed by atoms with Crippen LogP contribution in [0.1, 0.15) is 41.7 Å². The number of nitrogens with zero attached hydrogens (tertiary/aromatic N) is 6. The van der Waals surface area contributed by atoms with Crippen molar-refractivity contribution in [3.63, 3.8) is 0 Å². The maximum Gasteiger partial charge on any atom is 0.272 e. The third kappa shape index (κ3) is 3.89. The number of halogens is 2. The molecule has 4 aliphatic heterocycles. The van der Waals surface area contributed by atoms with Crippen LogP contribution < -0.4 is 4.90 Å². The van der Waals surface area contributed by atoms with Crippen molar-refractivity contribution in [2.24, 2.45) is 0 Å². The van der Waals surface area contributed by atoms with Crippen molar-refractivity contribution in [2.75, 3.05) is 50.7 Å². The van der Waals surface area contributed by atoms with E-state index in [1.54, 1.807) is 29.3 Å². The zero-order valence-electron chi connectivity index (χ0n) is 21.9. The molecule has 7 rings (SSSR count). The van der Waals surface area contributed by atoms with Crippen LogP contribution in [0.2, 0.25) is 5.02 Å². The van der Waals surface area contributed by atoms with E-state index in [9.17, 15) is 18.8 Å². The lowest BCUT2D eigenvalue weighted by atomic mass is 9.73. The Kier molecular flexibility index (Phi) is 6.04. The van der Waals surface area contributed by atoms with Crippen molar-refractivity contribution in [1.82, 2.24) is 29.9 Å². The maximum absolute atomic E-state index is 14.7. The zero-order valence-corrected chi connectivity index (χ0v) is 22.7. The second-order valence-electron chi connectivity index (χ2n) is 11.2. The number of benzene rings is 1. The van der Waals surface area contributed by atoms with Crippen LogP contribution in [0, 0.1) is 5.82 Å². The average molecular weight is 566 g/mol. The fourth-order valence-corrected chi connectivity index (χ4v) is 7.31. The molecule has 3 saturated heterocycles. The Bertz CT molecular complexity index is 1540. The van der Waals surface area contributed by atoms with Crippen molar-refractivity contribution >= 4 is 46.0 Å². The molecular formula is C28H29ClFN7O3. The van der Waals surface area contributed by atoms with E-state index in [1.165, 1.54) is 11.0 Å². The fraction of sp³-hybridized carbons (Fsp3) is 0.464. The van der Waals surface area contributed by atoms with Gasteiger partial charge in [-0.2, -0.15) is 5.10 Å². The quantitative estimate of drug-likeness (QED) is 0.523. The summed E-state index contributed by atoms with van der Waals surface area (Å²) in [6.07, 6.45) is 4.32. The van der Waals surface area contributed by atoms with Gasteiger partial charge in [-0.1, -0.05) is 11.6 Å². The van der Waals surface area contributed by atoms with Crippen LogP contribution in [0.15, 0.2) is 30.5 Å². The summed E-state index contributed by atoms with van der Waals surface area (Å²) in [5, 5.41) is 6.68. The van der Waals surface area contributed by atoms with Crippen molar-refractivity contribution in [2.45, 2.75) is 37.1 Å². The number of piperazine rings is 1. The number of pyridine rings is 1. The minimum Gasteiger partial charge on any atom is -0.338 e. The molecule has 1 atom stereocenters. The van der Waals surface area contributed by atoms with E-state index < -0.39 is 11.2 Å². The molecular weight excluding hydrogens is 537 g/mol. The van der Waals surface area contributed by atoms with Gasteiger partial charge in [0.2, 0.25) is 11.8 Å². The van der Waals surface area contributed by atoms with E-state index in [2.05, 4.69) is 20.1 Å². The third-order valence-electron chi connectivity index (χ3n) is 9.15. The van der Waals surface area contributed by atoms with Gasteiger partial charge in [0.15, 0.2) is 0 Å². The lowest BCUT2D eigenvalue weighted by Crippen LogP contribution is -2.55. The lowest BCUT2D eigenvalue weighted by Gasteiger charge is -2.39. The summed E-state index contributed by atoms with van der Waals surface area (Å²) in [6, 6.07) is 6.58. The number of carbonyl (C=O) groups is 3. The average Bonchev–Trinajstić information content (AvgIpc) is 3.69. The summed E-state index contributed by atoms with van der Waals surface area (Å²) in [5.41, 5.74) is 1.43. The summed E-state index contributed by atoms with van der Waals surface area (Å²) >= 11 is 6.52. The van der Waals surface area contributed by atoms with E-state index in [4.69, 9.17) is 11.6 Å². The number of hydrogen-bond acceptors (Lipinski definition) is 6. The molecule has 1 spiro atoms. The Hall–Kier alpha value is -3.57. The number of rotatable bonds is 3. The summed E-state index contributed by atoms with van der Waals surface area (Å²) < 4.78 is 14.7. The van der Waals surface area contributed by atoms with Gasteiger partial charge in [-0.15, -0.1) is 0 Å². The van der Waals surface area contributed by atoms with Gasteiger partial charge in [0, 0.05) is 44.3 Å². The molecule has 2 aromatic heterocycles. The first-order chi connectivity index (χ1) is 19.4. The van der Waals surface area contributed by atoms with Gasteiger partial charge in [-0.3, -0.25) is 24.4 Å². The number of aromatic amines is 1. The molecule has 3 aromatic rings. The highest BCUT2D eigenvalue weighted by Gasteiger charge is 2.54. The highest BCUT2D eigenvalue weighted by molar-refractivity contribution is 6.33. The van der Waals surface area contributed by atoms with Crippen LogP contribution in [0.25, 0.3) is 11.0 Å². The Morgan fingerprint density at radius 2 is 1.90 bits per heavy atom.